The van der Waals surface area contributed by atoms with Crippen LogP contribution in [0.1, 0.15) is 91.0 Å². The van der Waals surface area contributed by atoms with Crippen molar-refractivity contribution in [2.24, 2.45) is 0 Å². The molecule has 0 aromatic heterocycles. The van der Waals surface area contributed by atoms with Crippen molar-refractivity contribution in [3.8, 4) is 5.75 Å². The van der Waals surface area contributed by atoms with Crippen LogP contribution in [-0.2, 0) is 30.1 Å². The quantitative estimate of drug-likeness (QED) is 0.0461. The van der Waals surface area contributed by atoms with Crippen LogP contribution in [0.15, 0.2) is 60.7 Å². The molecule has 0 aliphatic heterocycles. The van der Waals surface area contributed by atoms with Gasteiger partial charge in [-0.2, -0.15) is 0 Å². The van der Waals surface area contributed by atoms with Gasteiger partial charge in [-0.15, -0.1) is 0 Å². The Morgan fingerprint density at radius 2 is 1.55 bits per heavy atom. The number of hydrogen-bond donors (Lipinski definition) is 0. The largest absolute Gasteiger partial charge is 0.497 e. The number of ketones is 1. The smallest absolute Gasteiger partial charge is 0.305 e. The van der Waals surface area contributed by atoms with Gasteiger partial charge >= 0.3 is 5.97 Å². The minimum Gasteiger partial charge on any atom is -0.497 e. The van der Waals surface area contributed by atoms with Crippen molar-refractivity contribution >= 4 is 20.1 Å². The number of hydrogen-bond acceptors (Lipinski definition) is 6. The number of benzene rings is 1. The summed E-state index contributed by atoms with van der Waals surface area (Å²) in [6.07, 6.45) is 18.8. The van der Waals surface area contributed by atoms with E-state index in [1.165, 1.54) is 20.0 Å². The first-order valence-electron chi connectivity index (χ1n) is 15.4. The number of carbonyl (C=O) groups is 2. The number of esters is 1. The number of unbranched alkanes of at least 4 members (excludes halogenated alkanes) is 4. The van der Waals surface area contributed by atoms with Crippen LogP contribution in [0.3, 0.4) is 0 Å². The Labute approximate surface area is 256 Å². The molecule has 0 saturated carbocycles. The fourth-order valence-corrected chi connectivity index (χ4v) is 5.17. The SMILES string of the molecule is CCCCC/C=C\C[C@H](OCc1ccc(OC)cc1)C(=O)/C=C/[C@H](C/C=C\CCCC(=O)OC)O[Si](C)(C)C(C)(C)C. The van der Waals surface area contributed by atoms with E-state index in [0.717, 1.165) is 37.0 Å². The Morgan fingerprint density at radius 3 is 2.14 bits per heavy atom. The first-order valence-corrected chi connectivity index (χ1v) is 18.4. The molecule has 42 heavy (non-hydrogen) atoms. The molecule has 1 rings (SSSR count). The molecule has 1 aromatic carbocycles. The summed E-state index contributed by atoms with van der Waals surface area (Å²) in [6, 6.07) is 7.71. The molecule has 0 aliphatic rings. The lowest BCUT2D eigenvalue weighted by atomic mass is 10.1. The van der Waals surface area contributed by atoms with Gasteiger partial charge < -0.3 is 18.6 Å². The van der Waals surface area contributed by atoms with Crippen LogP contribution < -0.4 is 4.74 Å². The zero-order valence-corrected chi connectivity index (χ0v) is 28.4. The lowest BCUT2D eigenvalue weighted by Gasteiger charge is -2.38. The first kappa shape index (κ1) is 37.5. The van der Waals surface area contributed by atoms with Gasteiger partial charge in [-0.25, -0.2) is 0 Å². The third-order valence-corrected chi connectivity index (χ3v) is 12.2. The highest BCUT2D eigenvalue weighted by Gasteiger charge is 2.38. The summed E-state index contributed by atoms with van der Waals surface area (Å²) in [5.74, 6) is 0.533. The molecule has 0 aliphatic carbocycles. The summed E-state index contributed by atoms with van der Waals surface area (Å²) in [7, 11) is 0.974. The topological polar surface area (TPSA) is 71.1 Å². The summed E-state index contributed by atoms with van der Waals surface area (Å²) in [6.45, 7) is 13.6. The van der Waals surface area contributed by atoms with Crippen LogP contribution in [0.2, 0.25) is 18.1 Å². The van der Waals surface area contributed by atoms with Crippen LogP contribution in [0.25, 0.3) is 0 Å². The van der Waals surface area contributed by atoms with Gasteiger partial charge in [-0.1, -0.05) is 83.0 Å². The van der Waals surface area contributed by atoms with E-state index in [2.05, 4.69) is 65.1 Å². The lowest BCUT2D eigenvalue weighted by molar-refractivity contribution is -0.140. The minimum atomic E-state index is -2.08. The van der Waals surface area contributed by atoms with Crippen molar-refractivity contribution in [3.05, 3.63) is 66.3 Å². The van der Waals surface area contributed by atoms with Gasteiger partial charge in [0.15, 0.2) is 14.1 Å². The van der Waals surface area contributed by atoms with Crippen LogP contribution >= 0.6 is 0 Å². The maximum absolute atomic E-state index is 13.4. The summed E-state index contributed by atoms with van der Waals surface area (Å²) in [5, 5.41) is 0.0416. The zero-order valence-electron chi connectivity index (χ0n) is 27.4. The summed E-state index contributed by atoms with van der Waals surface area (Å²) >= 11 is 0. The van der Waals surface area contributed by atoms with E-state index < -0.39 is 14.4 Å². The Bertz CT molecular complexity index is 988. The van der Waals surface area contributed by atoms with E-state index in [9.17, 15) is 9.59 Å². The summed E-state index contributed by atoms with van der Waals surface area (Å²) in [4.78, 5) is 24.8. The van der Waals surface area contributed by atoms with Crippen LogP contribution in [-0.4, -0.2) is 46.5 Å². The second-order valence-electron chi connectivity index (χ2n) is 12.2. The van der Waals surface area contributed by atoms with Gasteiger partial charge in [0, 0.05) is 6.42 Å². The molecule has 236 valence electrons. The molecule has 0 N–H and O–H groups in total. The molecule has 0 radical (unpaired) electrons. The molecular weight excluding hydrogens is 544 g/mol. The van der Waals surface area contributed by atoms with Gasteiger partial charge in [-0.05, 0) is 80.4 Å². The van der Waals surface area contributed by atoms with Crippen LogP contribution in [0.4, 0.5) is 0 Å². The average molecular weight is 601 g/mol. The zero-order chi connectivity index (χ0) is 31.4. The minimum absolute atomic E-state index is 0.0416. The second-order valence-corrected chi connectivity index (χ2v) is 17.0. The third-order valence-electron chi connectivity index (χ3n) is 7.66. The Kier molecular flexibility index (Phi) is 18.3. The van der Waals surface area contributed by atoms with Gasteiger partial charge in [0.25, 0.3) is 0 Å². The van der Waals surface area contributed by atoms with E-state index in [1.54, 1.807) is 13.2 Å². The standard InChI is InChI=1S/C35H56O6Si/c1-9-10-11-12-13-17-20-33(40-28-29-22-24-30(38-5)25-23-29)32(36)27-26-31(41-42(7,8)35(2,3)4)19-16-14-15-18-21-34(37)39-6/h13-14,16-17,22-27,31,33H,9-12,15,18-21,28H2,1-8H3/b16-14-,17-13-,27-26+/t31-,33-/m0/s1. The molecule has 0 bridgehead atoms. The molecule has 1 aromatic rings. The molecule has 0 saturated heterocycles. The highest BCUT2D eigenvalue weighted by Crippen LogP contribution is 2.37. The van der Waals surface area contributed by atoms with E-state index in [-0.39, 0.29) is 22.9 Å². The van der Waals surface area contributed by atoms with Crippen molar-refractivity contribution in [3.63, 3.8) is 0 Å². The van der Waals surface area contributed by atoms with Crippen molar-refractivity contribution in [1.29, 1.82) is 0 Å². The predicted octanol–water partition coefficient (Wildman–Crippen LogP) is 8.91. The lowest BCUT2D eigenvalue weighted by Crippen LogP contribution is -2.43. The molecule has 0 fully saturated rings. The number of allylic oxidation sites excluding steroid dienone is 2. The highest BCUT2D eigenvalue weighted by atomic mass is 28.4. The predicted molar refractivity (Wildman–Crippen MR) is 175 cm³/mol. The molecule has 0 amide bonds. The number of rotatable bonds is 21. The summed E-state index contributed by atoms with van der Waals surface area (Å²) < 4.78 is 22.8. The molecule has 0 unspecified atom stereocenters. The fraction of sp³-hybridized carbons (Fsp3) is 0.600. The van der Waals surface area contributed by atoms with Crippen molar-refractivity contribution in [2.75, 3.05) is 14.2 Å². The molecule has 6 nitrogen and oxygen atoms in total. The van der Waals surface area contributed by atoms with Crippen molar-refractivity contribution < 1.29 is 28.2 Å². The highest BCUT2D eigenvalue weighted by molar-refractivity contribution is 6.74. The maximum atomic E-state index is 13.4. The van der Waals surface area contributed by atoms with Gasteiger partial charge in [-0.3, -0.25) is 9.59 Å². The molecule has 7 heteroatoms. The van der Waals surface area contributed by atoms with E-state index in [0.29, 0.717) is 25.9 Å². The molecule has 2 atom stereocenters. The Balaban J connectivity index is 2.99. The molecular formula is C35H56O6Si. The molecule has 0 heterocycles. The fourth-order valence-electron chi connectivity index (χ4n) is 3.88. The average Bonchev–Trinajstić information content (AvgIpc) is 2.95. The van der Waals surface area contributed by atoms with E-state index in [4.69, 9.17) is 18.6 Å². The van der Waals surface area contributed by atoms with Gasteiger partial charge in [0.05, 0.1) is 26.9 Å². The van der Waals surface area contributed by atoms with Crippen LogP contribution in [0, 0.1) is 0 Å². The van der Waals surface area contributed by atoms with Gasteiger partial charge in [0.1, 0.15) is 11.9 Å². The Hall–Kier alpha value is -2.48. The monoisotopic (exact) mass is 600 g/mol. The first-order chi connectivity index (χ1) is 19.9. The van der Waals surface area contributed by atoms with Gasteiger partial charge in [0.2, 0.25) is 0 Å². The maximum Gasteiger partial charge on any atom is 0.305 e. The summed E-state index contributed by atoms with van der Waals surface area (Å²) in [5.41, 5.74) is 0.987. The third kappa shape index (κ3) is 15.7. The number of methoxy groups -OCH3 is 2. The molecule has 0 spiro atoms. The van der Waals surface area contributed by atoms with Crippen molar-refractivity contribution in [2.45, 2.75) is 122 Å². The van der Waals surface area contributed by atoms with Crippen molar-refractivity contribution in [1.82, 2.24) is 0 Å². The number of ether oxygens (including phenoxy) is 3. The van der Waals surface area contributed by atoms with E-state index in [1.807, 2.05) is 30.3 Å². The van der Waals surface area contributed by atoms with E-state index >= 15 is 0 Å². The second kappa shape index (κ2) is 20.4. The normalized spacial score (nSPS) is 14.1. The Morgan fingerprint density at radius 1 is 0.905 bits per heavy atom. The number of carbonyl (C=O) groups excluding carboxylic acids is 2. The van der Waals surface area contributed by atoms with Crippen LogP contribution in [0.5, 0.6) is 5.75 Å².